The molecule has 2 rings (SSSR count). The zero-order valence-corrected chi connectivity index (χ0v) is 13.4. The lowest BCUT2D eigenvalue weighted by molar-refractivity contribution is 0.0996. The Kier molecular flexibility index (Phi) is 4.29. The van der Waals surface area contributed by atoms with Gasteiger partial charge in [-0.1, -0.05) is 6.92 Å². The third-order valence-corrected chi connectivity index (χ3v) is 4.32. The molecular weight excluding hydrogens is 344 g/mol. The normalized spacial score (nSPS) is 10.6. The maximum atomic E-state index is 12.0. The number of anilines is 1. The minimum atomic E-state index is -0.540. The predicted molar refractivity (Wildman–Crippen MR) is 81.3 cm³/mol. The number of hydrogen-bond donors (Lipinski definition) is 2. The number of primary amides is 1. The molecule has 0 fully saturated rings. The van der Waals surface area contributed by atoms with Crippen LogP contribution in [-0.2, 0) is 6.42 Å². The van der Waals surface area contributed by atoms with E-state index in [1.54, 1.807) is 12.1 Å². The highest BCUT2D eigenvalue weighted by Crippen LogP contribution is 2.33. The molecule has 0 aliphatic rings. The van der Waals surface area contributed by atoms with E-state index in [0.717, 1.165) is 10.4 Å². The van der Waals surface area contributed by atoms with E-state index in [4.69, 9.17) is 10.2 Å². The maximum Gasteiger partial charge on any atom is 0.292 e. The zero-order chi connectivity index (χ0) is 14.9. The average molecular weight is 357 g/mol. The number of rotatable bonds is 4. The van der Waals surface area contributed by atoms with Crippen LogP contribution < -0.4 is 11.1 Å². The molecule has 106 valence electrons. The smallest absolute Gasteiger partial charge is 0.292 e. The Morgan fingerprint density at radius 2 is 2.15 bits per heavy atom. The third kappa shape index (κ3) is 2.78. The number of nitrogens with two attached hydrogens (primary N) is 1. The second kappa shape index (κ2) is 5.80. The Morgan fingerprint density at radius 1 is 1.45 bits per heavy atom. The van der Waals surface area contributed by atoms with E-state index in [1.807, 2.05) is 13.8 Å². The molecule has 2 aromatic heterocycles. The van der Waals surface area contributed by atoms with Crippen LogP contribution in [-0.4, -0.2) is 11.8 Å². The summed E-state index contributed by atoms with van der Waals surface area (Å²) in [5.74, 6) is -0.791. The number of furan rings is 1. The van der Waals surface area contributed by atoms with Gasteiger partial charge >= 0.3 is 0 Å². The summed E-state index contributed by atoms with van der Waals surface area (Å²) < 4.78 is 5.64. The van der Waals surface area contributed by atoms with Crippen LogP contribution in [0, 0.1) is 6.92 Å². The number of halogens is 1. The van der Waals surface area contributed by atoms with Crippen molar-refractivity contribution < 1.29 is 14.0 Å². The first-order chi connectivity index (χ1) is 9.43. The summed E-state index contributed by atoms with van der Waals surface area (Å²) in [6, 6.07) is 3.17. The molecule has 0 spiro atoms. The van der Waals surface area contributed by atoms with Gasteiger partial charge in [-0.25, -0.2) is 0 Å². The SMILES string of the molecule is CCc1c(C)sc(NC(=O)c2ccc(Br)o2)c1C(N)=O. The fraction of sp³-hybridized carbons (Fsp3) is 0.231. The van der Waals surface area contributed by atoms with E-state index in [0.29, 0.717) is 21.7 Å². The number of amides is 2. The quantitative estimate of drug-likeness (QED) is 0.880. The zero-order valence-electron chi connectivity index (χ0n) is 11.0. The summed E-state index contributed by atoms with van der Waals surface area (Å²) >= 11 is 4.47. The molecule has 0 aliphatic heterocycles. The first-order valence-electron chi connectivity index (χ1n) is 5.92. The molecule has 0 radical (unpaired) electrons. The van der Waals surface area contributed by atoms with Crippen LogP contribution in [0.3, 0.4) is 0 Å². The van der Waals surface area contributed by atoms with E-state index >= 15 is 0 Å². The molecule has 7 heteroatoms. The van der Waals surface area contributed by atoms with Crippen LogP contribution in [0.2, 0.25) is 0 Å². The minimum Gasteiger partial charge on any atom is -0.444 e. The molecule has 5 nitrogen and oxygen atoms in total. The van der Waals surface area contributed by atoms with Gasteiger partial charge in [-0.15, -0.1) is 11.3 Å². The van der Waals surface area contributed by atoms with Crippen LogP contribution in [0.25, 0.3) is 0 Å². The van der Waals surface area contributed by atoms with Crippen molar-refractivity contribution in [1.82, 2.24) is 0 Å². The largest absolute Gasteiger partial charge is 0.444 e. The molecule has 0 saturated carbocycles. The fourth-order valence-corrected chi connectivity index (χ4v) is 3.41. The number of aryl methyl sites for hydroxylation is 1. The van der Waals surface area contributed by atoms with Crippen LogP contribution >= 0.6 is 27.3 Å². The van der Waals surface area contributed by atoms with Gasteiger partial charge in [0.2, 0.25) is 0 Å². The average Bonchev–Trinajstić information content (AvgIpc) is 2.92. The molecule has 0 unspecified atom stereocenters. The Labute approximate surface area is 128 Å². The second-order valence-corrected chi connectivity index (χ2v) is 6.12. The summed E-state index contributed by atoms with van der Waals surface area (Å²) in [7, 11) is 0. The number of carbonyl (C=O) groups excluding carboxylic acids is 2. The van der Waals surface area contributed by atoms with Crippen molar-refractivity contribution in [2.24, 2.45) is 5.73 Å². The van der Waals surface area contributed by atoms with E-state index in [-0.39, 0.29) is 5.76 Å². The molecular formula is C13H13BrN2O3S. The Morgan fingerprint density at radius 3 is 2.65 bits per heavy atom. The van der Waals surface area contributed by atoms with Gasteiger partial charge in [-0.05, 0) is 47.0 Å². The fourth-order valence-electron chi connectivity index (χ4n) is 1.95. The Bertz CT molecular complexity index is 675. The number of nitrogens with one attached hydrogen (secondary N) is 1. The van der Waals surface area contributed by atoms with Gasteiger partial charge in [-0.3, -0.25) is 9.59 Å². The molecule has 0 atom stereocenters. The summed E-state index contributed by atoms with van der Waals surface area (Å²) in [4.78, 5) is 24.6. The van der Waals surface area contributed by atoms with Crippen molar-refractivity contribution in [3.8, 4) is 0 Å². The highest BCUT2D eigenvalue weighted by molar-refractivity contribution is 9.10. The van der Waals surface area contributed by atoms with Crippen LogP contribution in [0.4, 0.5) is 5.00 Å². The summed E-state index contributed by atoms with van der Waals surface area (Å²) in [5.41, 5.74) is 6.67. The first-order valence-corrected chi connectivity index (χ1v) is 7.53. The predicted octanol–water partition coefficient (Wildman–Crippen LogP) is 3.33. The standard InChI is InChI=1S/C13H13BrN2O3S/c1-3-7-6(2)20-13(10(7)11(15)17)16-12(18)8-4-5-9(14)19-8/h4-5H,3H2,1-2H3,(H2,15,17)(H,16,18). The number of carbonyl (C=O) groups is 2. The Balaban J connectivity index is 2.34. The van der Waals surface area contributed by atoms with Crippen LogP contribution in [0.15, 0.2) is 21.2 Å². The van der Waals surface area contributed by atoms with E-state index in [2.05, 4.69) is 21.2 Å². The molecule has 20 heavy (non-hydrogen) atoms. The molecule has 0 aromatic carbocycles. The van der Waals surface area contributed by atoms with E-state index in [1.165, 1.54) is 11.3 Å². The van der Waals surface area contributed by atoms with Gasteiger partial charge in [-0.2, -0.15) is 0 Å². The van der Waals surface area contributed by atoms with Crippen molar-refractivity contribution in [3.63, 3.8) is 0 Å². The van der Waals surface area contributed by atoms with Crippen molar-refractivity contribution in [1.29, 1.82) is 0 Å². The molecule has 0 bridgehead atoms. The highest BCUT2D eigenvalue weighted by atomic mass is 79.9. The molecule has 2 aromatic rings. The molecule has 0 saturated heterocycles. The topological polar surface area (TPSA) is 85.3 Å². The molecule has 3 N–H and O–H groups in total. The van der Waals surface area contributed by atoms with E-state index in [9.17, 15) is 9.59 Å². The van der Waals surface area contributed by atoms with Crippen LogP contribution in [0.1, 0.15) is 38.3 Å². The van der Waals surface area contributed by atoms with Gasteiger partial charge in [0, 0.05) is 4.88 Å². The molecule has 2 heterocycles. The Hall–Kier alpha value is -1.60. The highest BCUT2D eigenvalue weighted by Gasteiger charge is 2.21. The summed E-state index contributed by atoms with van der Waals surface area (Å²) in [5, 5.41) is 3.14. The summed E-state index contributed by atoms with van der Waals surface area (Å²) in [6.45, 7) is 3.84. The van der Waals surface area contributed by atoms with Crippen molar-refractivity contribution in [3.05, 3.63) is 38.6 Å². The van der Waals surface area contributed by atoms with Gasteiger partial charge in [0.05, 0.1) is 5.56 Å². The molecule has 0 aliphatic carbocycles. The van der Waals surface area contributed by atoms with Gasteiger partial charge < -0.3 is 15.5 Å². The third-order valence-electron chi connectivity index (χ3n) is 2.83. The first kappa shape index (κ1) is 14.8. The molecule has 2 amide bonds. The van der Waals surface area contributed by atoms with Crippen molar-refractivity contribution in [2.45, 2.75) is 20.3 Å². The second-order valence-electron chi connectivity index (χ2n) is 4.12. The lowest BCUT2D eigenvalue weighted by Gasteiger charge is -2.04. The van der Waals surface area contributed by atoms with Crippen molar-refractivity contribution >= 4 is 44.1 Å². The maximum absolute atomic E-state index is 12.0. The number of thiophene rings is 1. The van der Waals surface area contributed by atoms with Crippen molar-refractivity contribution in [2.75, 3.05) is 5.32 Å². The summed E-state index contributed by atoms with van der Waals surface area (Å²) in [6.07, 6.45) is 0.683. The van der Waals surface area contributed by atoms with Gasteiger partial charge in [0.15, 0.2) is 10.4 Å². The lowest BCUT2D eigenvalue weighted by Crippen LogP contribution is -2.17. The lowest BCUT2D eigenvalue weighted by atomic mass is 10.1. The monoisotopic (exact) mass is 356 g/mol. The minimum absolute atomic E-state index is 0.163. The number of hydrogen-bond acceptors (Lipinski definition) is 4. The van der Waals surface area contributed by atoms with Gasteiger partial charge in [0.1, 0.15) is 5.00 Å². The van der Waals surface area contributed by atoms with E-state index < -0.39 is 11.8 Å². The van der Waals surface area contributed by atoms with Gasteiger partial charge in [0.25, 0.3) is 11.8 Å². The van der Waals surface area contributed by atoms with Crippen LogP contribution in [0.5, 0.6) is 0 Å².